The van der Waals surface area contributed by atoms with Crippen LogP contribution < -0.4 is 5.32 Å². The van der Waals surface area contributed by atoms with Crippen LogP contribution in [0.2, 0.25) is 0 Å². The monoisotopic (exact) mass is 239 g/mol. The van der Waals surface area contributed by atoms with E-state index in [-0.39, 0.29) is 0 Å². The molecule has 0 spiro atoms. The van der Waals surface area contributed by atoms with Crippen LogP contribution >= 0.6 is 0 Å². The van der Waals surface area contributed by atoms with Gasteiger partial charge in [0.15, 0.2) is 0 Å². The molecule has 2 fully saturated rings. The maximum absolute atomic E-state index is 3.63. The third-order valence-electron chi connectivity index (χ3n) is 4.26. The van der Waals surface area contributed by atoms with E-state index in [9.17, 15) is 0 Å². The van der Waals surface area contributed by atoms with E-state index in [1.807, 2.05) is 0 Å². The zero-order valence-corrected chi connectivity index (χ0v) is 11.5. The highest BCUT2D eigenvalue weighted by Gasteiger charge is 2.16. The zero-order chi connectivity index (χ0) is 11.9. The number of likely N-dealkylation sites (tertiary alicyclic amines) is 2. The van der Waals surface area contributed by atoms with Gasteiger partial charge in [-0.3, -0.25) is 4.90 Å². The fourth-order valence-corrected chi connectivity index (χ4v) is 3.04. The van der Waals surface area contributed by atoms with E-state index in [2.05, 4.69) is 22.0 Å². The van der Waals surface area contributed by atoms with Gasteiger partial charge in [-0.1, -0.05) is 6.42 Å². The molecule has 2 aliphatic heterocycles. The van der Waals surface area contributed by atoms with Crippen LogP contribution in [0, 0.1) is 0 Å². The summed E-state index contributed by atoms with van der Waals surface area (Å²) in [5.74, 6) is 0. The summed E-state index contributed by atoms with van der Waals surface area (Å²) in [6, 6.07) is 0.717. The summed E-state index contributed by atoms with van der Waals surface area (Å²) in [4.78, 5) is 5.23. The third-order valence-corrected chi connectivity index (χ3v) is 4.26. The van der Waals surface area contributed by atoms with Gasteiger partial charge in [0, 0.05) is 25.7 Å². The maximum Gasteiger partial charge on any atom is 0.0192 e. The lowest BCUT2D eigenvalue weighted by Gasteiger charge is -2.32. The normalized spacial score (nSPS) is 25.2. The summed E-state index contributed by atoms with van der Waals surface area (Å²) in [5, 5.41) is 3.63. The molecule has 3 heteroatoms. The molecule has 1 N–H and O–H groups in total. The van der Waals surface area contributed by atoms with E-state index < -0.39 is 0 Å². The van der Waals surface area contributed by atoms with Crippen LogP contribution in [0.25, 0.3) is 0 Å². The second-order valence-corrected chi connectivity index (χ2v) is 5.70. The Labute approximate surface area is 107 Å². The van der Waals surface area contributed by atoms with Crippen molar-refractivity contribution in [3.05, 3.63) is 0 Å². The first-order valence-electron chi connectivity index (χ1n) is 7.53. The number of nitrogens with one attached hydrogen (secondary N) is 1. The molecule has 0 amide bonds. The highest BCUT2D eigenvalue weighted by Crippen LogP contribution is 2.11. The molecule has 17 heavy (non-hydrogen) atoms. The number of rotatable bonds is 6. The van der Waals surface area contributed by atoms with Crippen molar-refractivity contribution in [1.82, 2.24) is 15.1 Å². The van der Waals surface area contributed by atoms with Crippen LogP contribution in [0.15, 0.2) is 0 Å². The van der Waals surface area contributed by atoms with E-state index in [4.69, 9.17) is 0 Å². The minimum Gasteiger partial charge on any atom is -0.314 e. The average Bonchev–Trinajstić information content (AvgIpc) is 2.88. The van der Waals surface area contributed by atoms with Crippen molar-refractivity contribution in [1.29, 1.82) is 0 Å². The first kappa shape index (κ1) is 13.3. The van der Waals surface area contributed by atoms with Crippen molar-refractivity contribution < 1.29 is 0 Å². The SMILES string of the molecule is CC(CNCCN1CCCC1)N1CCCCC1. The van der Waals surface area contributed by atoms with Crippen molar-refractivity contribution in [3.8, 4) is 0 Å². The van der Waals surface area contributed by atoms with Crippen LogP contribution in [0.5, 0.6) is 0 Å². The predicted octanol–water partition coefficient (Wildman–Crippen LogP) is 1.55. The van der Waals surface area contributed by atoms with E-state index in [1.54, 1.807) is 0 Å². The molecule has 2 saturated heterocycles. The van der Waals surface area contributed by atoms with Crippen molar-refractivity contribution in [2.45, 2.75) is 45.1 Å². The summed E-state index contributed by atoms with van der Waals surface area (Å²) >= 11 is 0. The molecule has 1 unspecified atom stereocenters. The second kappa shape index (κ2) is 7.34. The molecular weight excluding hydrogens is 210 g/mol. The van der Waals surface area contributed by atoms with Gasteiger partial charge in [-0.05, 0) is 58.8 Å². The van der Waals surface area contributed by atoms with E-state index in [0.29, 0.717) is 6.04 Å². The topological polar surface area (TPSA) is 18.5 Å². The Hall–Kier alpha value is -0.120. The van der Waals surface area contributed by atoms with Gasteiger partial charge < -0.3 is 10.2 Å². The molecule has 0 radical (unpaired) electrons. The van der Waals surface area contributed by atoms with Crippen LogP contribution in [0.1, 0.15) is 39.0 Å². The van der Waals surface area contributed by atoms with E-state index >= 15 is 0 Å². The van der Waals surface area contributed by atoms with Gasteiger partial charge in [0.05, 0.1) is 0 Å². The van der Waals surface area contributed by atoms with Crippen LogP contribution in [-0.2, 0) is 0 Å². The maximum atomic E-state index is 3.63. The molecule has 100 valence electrons. The Morgan fingerprint density at radius 3 is 2.29 bits per heavy atom. The Morgan fingerprint density at radius 1 is 0.941 bits per heavy atom. The van der Waals surface area contributed by atoms with Crippen molar-refractivity contribution >= 4 is 0 Å². The average molecular weight is 239 g/mol. The van der Waals surface area contributed by atoms with Crippen LogP contribution in [-0.4, -0.2) is 61.7 Å². The first-order chi connectivity index (χ1) is 8.36. The van der Waals surface area contributed by atoms with Gasteiger partial charge in [-0.25, -0.2) is 0 Å². The van der Waals surface area contributed by atoms with Gasteiger partial charge in [-0.2, -0.15) is 0 Å². The highest BCUT2D eigenvalue weighted by molar-refractivity contribution is 4.74. The van der Waals surface area contributed by atoms with Crippen LogP contribution in [0.3, 0.4) is 0 Å². The van der Waals surface area contributed by atoms with Gasteiger partial charge in [0.1, 0.15) is 0 Å². The Bertz CT molecular complexity index is 196. The number of piperidine rings is 1. The summed E-state index contributed by atoms with van der Waals surface area (Å²) in [7, 11) is 0. The van der Waals surface area contributed by atoms with Gasteiger partial charge in [0.2, 0.25) is 0 Å². The zero-order valence-electron chi connectivity index (χ0n) is 11.5. The highest BCUT2D eigenvalue weighted by atomic mass is 15.2. The third kappa shape index (κ3) is 4.57. The van der Waals surface area contributed by atoms with Crippen molar-refractivity contribution in [3.63, 3.8) is 0 Å². The smallest absolute Gasteiger partial charge is 0.0192 e. The van der Waals surface area contributed by atoms with Crippen LogP contribution in [0.4, 0.5) is 0 Å². The fraction of sp³-hybridized carbons (Fsp3) is 1.00. The molecule has 0 saturated carbocycles. The van der Waals surface area contributed by atoms with Gasteiger partial charge >= 0.3 is 0 Å². The number of hydrogen-bond donors (Lipinski definition) is 1. The largest absolute Gasteiger partial charge is 0.314 e. The summed E-state index contributed by atoms with van der Waals surface area (Å²) in [6.07, 6.45) is 7.05. The lowest BCUT2D eigenvalue weighted by Crippen LogP contribution is -2.44. The number of nitrogens with zero attached hydrogens (tertiary/aromatic N) is 2. The van der Waals surface area contributed by atoms with Gasteiger partial charge in [-0.15, -0.1) is 0 Å². The lowest BCUT2D eigenvalue weighted by molar-refractivity contribution is 0.170. The molecular formula is C14H29N3. The molecule has 2 aliphatic rings. The van der Waals surface area contributed by atoms with Crippen molar-refractivity contribution in [2.24, 2.45) is 0 Å². The first-order valence-corrected chi connectivity index (χ1v) is 7.53. The van der Waals surface area contributed by atoms with E-state index in [0.717, 1.165) is 13.1 Å². The molecule has 3 nitrogen and oxygen atoms in total. The molecule has 0 aliphatic carbocycles. The Kier molecular flexibility index (Phi) is 5.75. The Balaban J connectivity index is 1.51. The molecule has 0 aromatic heterocycles. The summed E-state index contributed by atoms with van der Waals surface area (Å²) in [5.41, 5.74) is 0. The minimum absolute atomic E-state index is 0.717. The summed E-state index contributed by atoms with van der Waals surface area (Å²) in [6.45, 7) is 11.2. The predicted molar refractivity (Wildman–Crippen MR) is 73.4 cm³/mol. The molecule has 2 heterocycles. The molecule has 0 aromatic carbocycles. The molecule has 0 bridgehead atoms. The quantitative estimate of drug-likeness (QED) is 0.710. The summed E-state index contributed by atoms with van der Waals surface area (Å²) < 4.78 is 0. The number of hydrogen-bond acceptors (Lipinski definition) is 3. The minimum atomic E-state index is 0.717. The second-order valence-electron chi connectivity index (χ2n) is 5.70. The lowest BCUT2D eigenvalue weighted by atomic mass is 10.1. The standard InChI is InChI=1S/C14H29N3/c1-14(17-10-3-2-4-11-17)13-15-7-12-16-8-5-6-9-16/h14-15H,2-13H2,1H3. The van der Waals surface area contributed by atoms with Gasteiger partial charge in [0.25, 0.3) is 0 Å². The molecule has 0 aromatic rings. The molecule has 1 atom stereocenters. The van der Waals surface area contributed by atoms with E-state index in [1.165, 1.54) is 64.8 Å². The molecule has 2 rings (SSSR count). The Morgan fingerprint density at radius 2 is 1.59 bits per heavy atom. The fourth-order valence-electron chi connectivity index (χ4n) is 3.04. The van der Waals surface area contributed by atoms with Crippen molar-refractivity contribution in [2.75, 3.05) is 45.8 Å².